The fraction of sp³-hybridized carbons (Fsp3) is 0.731. The van der Waals surface area contributed by atoms with Crippen LogP contribution < -0.4 is 16.1 Å². The molecule has 3 saturated heterocycles. The topological polar surface area (TPSA) is 244 Å². The Morgan fingerprint density at radius 1 is 1.00 bits per heavy atom. The van der Waals surface area contributed by atoms with Gasteiger partial charge in [0.05, 0.1) is 47.1 Å². The first-order chi connectivity index (χ1) is 34.5. The minimum atomic E-state index is -1.45. The molecule has 1 aliphatic carbocycles. The molecule has 408 valence electrons. The van der Waals surface area contributed by atoms with E-state index in [9.17, 15) is 34.2 Å². The lowest BCUT2D eigenvalue weighted by Crippen LogP contribution is -2.60. The fourth-order valence-electron chi connectivity index (χ4n) is 11.1. The van der Waals surface area contributed by atoms with Crippen LogP contribution in [0, 0.1) is 29.5 Å². The molecule has 3 aliphatic heterocycles. The van der Waals surface area contributed by atoms with Crippen molar-refractivity contribution in [3.05, 3.63) is 39.9 Å². The van der Waals surface area contributed by atoms with E-state index < -0.39 is 113 Å². The Morgan fingerprint density at radius 2 is 1.70 bits per heavy atom. The molecule has 1 saturated carbocycles. The molecule has 6 rings (SSSR count). The van der Waals surface area contributed by atoms with Crippen LogP contribution in [0.4, 0.5) is 14.9 Å². The molecule has 20 nitrogen and oxygen atoms in total. The number of carbonyl (C=O) groups excluding carboxylic acids is 3. The van der Waals surface area contributed by atoms with E-state index in [2.05, 4.69) is 15.8 Å². The quantitative estimate of drug-likeness (QED) is 0.0575. The molecule has 0 spiro atoms. The number of likely N-dealkylation sites (N-methyl/N-ethyl adjacent to an activating group) is 1. The van der Waals surface area contributed by atoms with Gasteiger partial charge in [-0.2, -0.15) is 0 Å². The molecule has 0 bridgehead atoms. The van der Waals surface area contributed by atoms with Gasteiger partial charge in [-0.1, -0.05) is 32.9 Å². The summed E-state index contributed by atoms with van der Waals surface area (Å²) in [6.45, 7) is 15.5. The minimum absolute atomic E-state index is 0.0181. The average molecular weight is 1030 g/mol. The van der Waals surface area contributed by atoms with Gasteiger partial charge >= 0.3 is 24.1 Å². The largest absolute Gasteiger partial charge is 0.509 e. The molecule has 4 aliphatic rings. The van der Waals surface area contributed by atoms with Gasteiger partial charge in [0.2, 0.25) is 5.43 Å². The molecule has 0 radical (unpaired) electrons. The molecule has 4 heterocycles. The van der Waals surface area contributed by atoms with Gasteiger partial charge in [-0.3, -0.25) is 14.4 Å². The lowest BCUT2D eigenvalue weighted by atomic mass is 9.73. The molecular formula is C52H78FN5O15. The number of cyclic esters (lactones) is 1. The maximum Gasteiger partial charge on any atom is 0.509 e. The zero-order valence-corrected chi connectivity index (χ0v) is 44.4. The number of aliphatic hydroxyl groups is 1. The summed E-state index contributed by atoms with van der Waals surface area (Å²) in [6, 6.07) is 2.37. The molecule has 73 heavy (non-hydrogen) atoms. The molecule has 4 N–H and O–H groups in total. The Labute approximate surface area is 426 Å². The Kier molecular flexibility index (Phi) is 19.0. The summed E-state index contributed by atoms with van der Waals surface area (Å²) < 4.78 is 60.9. The van der Waals surface area contributed by atoms with Gasteiger partial charge in [-0.05, 0) is 105 Å². The number of aromatic nitrogens is 1. The van der Waals surface area contributed by atoms with Crippen LogP contribution in [0.15, 0.2) is 28.3 Å². The minimum Gasteiger partial charge on any atom is -0.477 e. The highest BCUT2D eigenvalue weighted by molar-refractivity contribution is 5.93. The number of carbonyl (C=O) groups is 4. The molecule has 2 aromatic rings. The van der Waals surface area contributed by atoms with E-state index in [1.54, 1.807) is 38.3 Å². The summed E-state index contributed by atoms with van der Waals surface area (Å²) in [5.41, 5.74) is -2.64. The Hall–Kier alpha value is -4.93. The first-order valence-corrected chi connectivity index (χ1v) is 25.7. The van der Waals surface area contributed by atoms with Gasteiger partial charge in [0.25, 0.3) is 0 Å². The summed E-state index contributed by atoms with van der Waals surface area (Å²) in [4.78, 5) is 73.4. The number of fused-ring (bicyclic) bond motifs is 2. The van der Waals surface area contributed by atoms with Crippen molar-refractivity contribution in [2.24, 2.45) is 28.8 Å². The van der Waals surface area contributed by atoms with E-state index in [1.807, 2.05) is 46.7 Å². The number of carboxylic acids is 1. The monoisotopic (exact) mass is 1030 g/mol. The smallest absolute Gasteiger partial charge is 0.477 e. The second kappa shape index (κ2) is 24.2. The highest BCUT2D eigenvalue weighted by Gasteiger charge is 2.59. The maximum atomic E-state index is 15.2. The second-order valence-corrected chi connectivity index (χ2v) is 21.0. The molecule has 1 aromatic heterocycles. The lowest BCUT2D eigenvalue weighted by Gasteiger charge is -2.48. The number of nitrogens with zero attached hydrogens (tertiary/aromatic N) is 3. The van der Waals surface area contributed by atoms with Crippen LogP contribution in [0.1, 0.15) is 123 Å². The molecule has 0 amide bonds. The number of ether oxygens (including phenoxy) is 7. The number of oxime groups is 1. The van der Waals surface area contributed by atoms with Crippen molar-refractivity contribution < 1.29 is 71.8 Å². The number of rotatable bonds is 18. The standard InChI is InChI=1S/C52H78FN5O15/c1-13-39-52(8)46(72-50(65)73-52)29(4)41(56-67-12)27(2)25-51(7,66-11)45(71-49-43(61)38(57(9)10)22-28(3)68-49)30(5)44(31(6)48(64)69-39)70-40(59)18-21-54-19-14-15-20-55-36-24-37-33(23-35(36)53)42(60)34(47(62)63)26-58(37)32-16-17-32/h23-24,26-32,38-39,43-46,49,54-55,61H,13-22,25H2,1-12H3,(H,62,63)/b56-41+/t27-,28-,29+,30+,31-,38+,39-,43-,44+,45-,46-,49+,51-,52-/m1/s1. The van der Waals surface area contributed by atoms with E-state index in [1.165, 1.54) is 20.4 Å². The molecule has 14 atom stereocenters. The van der Waals surface area contributed by atoms with Crippen molar-refractivity contribution in [2.75, 3.05) is 53.3 Å². The number of esters is 2. The van der Waals surface area contributed by atoms with Crippen LogP contribution in [0.5, 0.6) is 0 Å². The first-order valence-electron chi connectivity index (χ1n) is 25.7. The highest BCUT2D eigenvalue weighted by Crippen LogP contribution is 2.44. The number of aromatic carboxylic acids is 1. The van der Waals surface area contributed by atoms with Gasteiger partial charge in [-0.25, -0.2) is 14.0 Å². The van der Waals surface area contributed by atoms with Crippen LogP contribution >= 0.6 is 0 Å². The van der Waals surface area contributed by atoms with Crippen molar-refractivity contribution in [3.8, 4) is 0 Å². The van der Waals surface area contributed by atoms with Crippen LogP contribution in [-0.2, 0) is 47.6 Å². The number of nitrogens with one attached hydrogen (secondary N) is 2. The van der Waals surface area contributed by atoms with E-state index in [4.69, 9.17) is 38.0 Å². The Bertz CT molecular complexity index is 2380. The average Bonchev–Trinajstić information content (AvgIpc) is 4.14. The van der Waals surface area contributed by atoms with Gasteiger partial charge in [-0.15, -0.1) is 0 Å². The van der Waals surface area contributed by atoms with Gasteiger partial charge in [0, 0.05) is 61.6 Å². The molecular weight excluding hydrogens is 954 g/mol. The summed E-state index contributed by atoms with van der Waals surface area (Å²) in [6.07, 6.45) is -2.41. The van der Waals surface area contributed by atoms with Crippen LogP contribution in [0.2, 0.25) is 0 Å². The number of unbranched alkanes of at least 4 members (excludes halogenated alkanes) is 1. The molecule has 4 fully saturated rings. The number of benzene rings is 1. The van der Waals surface area contributed by atoms with E-state index in [0.29, 0.717) is 43.6 Å². The molecule has 0 unspecified atom stereocenters. The highest BCUT2D eigenvalue weighted by atomic mass is 19.1. The molecule has 21 heteroatoms. The SMILES string of the molecule is CC[C@H]1OC(=O)[C@H](C)[C@@H](OC(=O)CCNCCCCNc2cc3c(cc2F)c(=O)c(C(=O)O)cn3C2CC2)[C@H](C)[C@@H](O[C@@H]2O[C@H](C)C[C@H](N(C)C)[C@H]2O)[C@](C)(OC)C[C@@H](C)/C(=N\OC)[C@H](C)[C@H]2OC(=O)O[C@@]21C. The van der Waals surface area contributed by atoms with Crippen molar-refractivity contribution in [1.82, 2.24) is 14.8 Å². The van der Waals surface area contributed by atoms with Gasteiger partial charge in [0.15, 0.2) is 18.0 Å². The van der Waals surface area contributed by atoms with Crippen LogP contribution in [0.3, 0.4) is 0 Å². The predicted octanol–water partition coefficient (Wildman–Crippen LogP) is 6.04. The number of hydrogen-bond acceptors (Lipinski definition) is 18. The van der Waals surface area contributed by atoms with Gasteiger partial charge in [0.1, 0.15) is 36.8 Å². The predicted molar refractivity (Wildman–Crippen MR) is 267 cm³/mol. The van der Waals surface area contributed by atoms with Crippen molar-refractivity contribution in [3.63, 3.8) is 0 Å². The Balaban J connectivity index is 1.19. The number of carboxylic acid groups (broad SMARTS) is 1. The third-order valence-electron chi connectivity index (χ3n) is 15.3. The van der Waals surface area contributed by atoms with Crippen LogP contribution in [0.25, 0.3) is 10.9 Å². The second-order valence-electron chi connectivity index (χ2n) is 21.0. The lowest BCUT2D eigenvalue weighted by molar-refractivity contribution is -0.301. The third-order valence-corrected chi connectivity index (χ3v) is 15.3. The van der Waals surface area contributed by atoms with Gasteiger partial charge < -0.3 is 68.3 Å². The number of anilines is 1. The summed E-state index contributed by atoms with van der Waals surface area (Å²) >= 11 is 0. The number of halogens is 1. The third kappa shape index (κ3) is 12.8. The zero-order chi connectivity index (χ0) is 53.7. The van der Waals surface area contributed by atoms with Crippen molar-refractivity contribution in [1.29, 1.82) is 0 Å². The van der Waals surface area contributed by atoms with Crippen LogP contribution in [-0.4, -0.2) is 158 Å². The first kappa shape index (κ1) is 57.4. The Morgan fingerprint density at radius 3 is 2.33 bits per heavy atom. The normalized spacial score (nSPS) is 33.9. The molecule has 1 aromatic carbocycles. The number of aliphatic hydroxyl groups excluding tert-OH is 1. The van der Waals surface area contributed by atoms with E-state index in [-0.39, 0.29) is 55.1 Å². The maximum absolute atomic E-state index is 15.2. The summed E-state index contributed by atoms with van der Waals surface area (Å²) in [7, 11) is 6.69. The summed E-state index contributed by atoms with van der Waals surface area (Å²) in [5.74, 6) is -6.31. The number of hydrogen-bond donors (Lipinski definition) is 4. The van der Waals surface area contributed by atoms with Crippen molar-refractivity contribution >= 4 is 46.4 Å². The fourth-order valence-corrected chi connectivity index (χ4v) is 11.1. The van der Waals surface area contributed by atoms with Crippen molar-refractivity contribution in [2.45, 2.75) is 173 Å². The van der Waals surface area contributed by atoms with E-state index in [0.717, 1.165) is 18.9 Å². The summed E-state index contributed by atoms with van der Waals surface area (Å²) in [5, 5.41) is 32.2. The zero-order valence-electron chi connectivity index (χ0n) is 44.4. The van der Waals surface area contributed by atoms with E-state index >= 15 is 4.39 Å². The number of methoxy groups -OCH3 is 1. The number of pyridine rings is 1.